The molecule has 0 radical (unpaired) electrons. The quantitative estimate of drug-likeness (QED) is 0.659. The SMILES string of the molecule is CC(OC(=O)c1ccc(Cl)cc1N)C(=O)NC1CCCCC1. The van der Waals surface area contributed by atoms with E-state index in [1.165, 1.54) is 18.6 Å². The molecule has 1 saturated carbocycles. The summed E-state index contributed by atoms with van der Waals surface area (Å²) in [6.07, 6.45) is 4.57. The predicted octanol–water partition coefficient (Wildman–Crippen LogP) is 2.92. The lowest BCUT2D eigenvalue weighted by atomic mass is 9.95. The number of ether oxygens (including phenoxy) is 1. The van der Waals surface area contributed by atoms with Gasteiger partial charge in [0.1, 0.15) is 0 Å². The van der Waals surface area contributed by atoms with E-state index < -0.39 is 12.1 Å². The van der Waals surface area contributed by atoms with E-state index in [0.717, 1.165) is 25.7 Å². The topological polar surface area (TPSA) is 81.4 Å². The van der Waals surface area contributed by atoms with E-state index in [2.05, 4.69) is 5.32 Å². The van der Waals surface area contributed by atoms with E-state index in [1.54, 1.807) is 13.0 Å². The highest BCUT2D eigenvalue weighted by Gasteiger charge is 2.23. The molecule has 1 unspecified atom stereocenters. The summed E-state index contributed by atoms with van der Waals surface area (Å²) in [5.74, 6) is -0.895. The molecule has 0 spiro atoms. The summed E-state index contributed by atoms with van der Waals surface area (Å²) < 4.78 is 5.19. The maximum atomic E-state index is 12.1. The minimum Gasteiger partial charge on any atom is -0.449 e. The van der Waals surface area contributed by atoms with E-state index in [-0.39, 0.29) is 23.2 Å². The van der Waals surface area contributed by atoms with E-state index in [4.69, 9.17) is 22.1 Å². The van der Waals surface area contributed by atoms with Gasteiger partial charge < -0.3 is 15.8 Å². The lowest BCUT2D eigenvalue weighted by molar-refractivity contribution is -0.130. The molecule has 1 atom stereocenters. The number of rotatable bonds is 4. The molecule has 2 rings (SSSR count). The van der Waals surface area contributed by atoms with Gasteiger partial charge in [-0.05, 0) is 38.0 Å². The highest BCUT2D eigenvalue weighted by Crippen LogP contribution is 2.20. The third kappa shape index (κ3) is 4.37. The summed E-state index contributed by atoms with van der Waals surface area (Å²) in [4.78, 5) is 24.1. The summed E-state index contributed by atoms with van der Waals surface area (Å²) in [7, 11) is 0. The molecule has 0 bridgehead atoms. The molecular formula is C16H21ClN2O3. The maximum Gasteiger partial charge on any atom is 0.341 e. The molecule has 1 fully saturated rings. The minimum atomic E-state index is -0.857. The first kappa shape index (κ1) is 16.6. The van der Waals surface area contributed by atoms with Crippen LogP contribution in [0.3, 0.4) is 0 Å². The van der Waals surface area contributed by atoms with E-state index in [9.17, 15) is 9.59 Å². The molecule has 0 saturated heterocycles. The molecule has 120 valence electrons. The van der Waals surface area contributed by atoms with Gasteiger partial charge in [-0.2, -0.15) is 0 Å². The number of anilines is 1. The first-order valence-corrected chi connectivity index (χ1v) is 7.91. The van der Waals surface area contributed by atoms with Gasteiger partial charge >= 0.3 is 5.97 Å². The van der Waals surface area contributed by atoms with Crippen LogP contribution in [0.2, 0.25) is 5.02 Å². The molecule has 5 nitrogen and oxygen atoms in total. The average molecular weight is 325 g/mol. The number of benzene rings is 1. The van der Waals surface area contributed by atoms with Crippen LogP contribution in [-0.4, -0.2) is 24.0 Å². The number of esters is 1. The van der Waals surface area contributed by atoms with Crippen molar-refractivity contribution in [3.63, 3.8) is 0 Å². The van der Waals surface area contributed by atoms with Crippen LogP contribution in [0.15, 0.2) is 18.2 Å². The standard InChI is InChI=1S/C16H21ClN2O3/c1-10(15(20)19-12-5-3-2-4-6-12)22-16(21)13-8-7-11(17)9-14(13)18/h7-10,12H,2-6,18H2,1H3,(H,19,20). The van der Waals surface area contributed by atoms with Crippen LogP contribution in [0.25, 0.3) is 0 Å². The van der Waals surface area contributed by atoms with Gasteiger partial charge in [-0.3, -0.25) is 4.79 Å². The third-order valence-corrected chi connectivity index (χ3v) is 4.07. The first-order valence-electron chi connectivity index (χ1n) is 7.53. The minimum absolute atomic E-state index is 0.183. The second kappa shape index (κ2) is 7.49. The number of carbonyl (C=O) groups excluding carboxylic acids is 2. The second-order valence-corrected chi connectivity index (χ2v) is 6.06. The molecule has 22 heavy (non-hydrogen) atoms. The molecule has 6 heteroatoms. The van der Waals surface area contributed by atoms with E-state index in [0.29, 0.717) is 5.02 Å². The summed E-state index contributed by atoms with van der Waals surface area (Å²) in [6, 6.07) is 4.71. The summed E-state index contributed by atoms with van der Waals surface area (Å²) in [5.41, 5.74) is 6.18. The first-order chi connectivity index (χ1) is 10.5. The van der Waals surface area contributed by atoms with Crippen molar-refractivity contribution < 1.29 is 14.3 Å². The number of nitrogens with one attached hydrogen (secondary N) is 1. The number of halogens is 1. The molecule has 0 heterocycles. The van der Waals surface area contributed by atoms with Gasteiger partial charge in [0.2, 0.25) is 0 Å². The lowest BCUT2D eigenvalue weighted by Gasteiger charge is -2.24. The van der Waals surface area contributed by atoms with Crippen molar-refractivity contribution in [1.29, 1.82) is 0 Å². The average Bonchev–Trinajstić information content (AvgIpc) is 2.47. The molecular weight excluding hydrogens is 304 g/mol. The monoisotopic (exact) mass is 324 g/mol. The Labute approximate surface area is 135 Å². The number of nitrogen functional groups attached to an aromatic ring is 1. The van der Waals surface area contributed by atoms with Crippen molar-refractivity contribution in [3.8, 4) is 0 Å². The van der Waals surface area contributed by atoms with Gasteiger partial charge in [-0.25, -0.2) is 4.79 Å². The van der Waals surface area contributed by atoms with Gasteiger partial charge in [0.15, 0.2) is 6.10 Å². The fourth-order valence-corrected chi connectivity index (χ4v) is 2.74. The molecule has 3 N–H and O–H groups in total. The van der Waals surface area contributed by atoms with Gasteiger partial charge in [-0.15, -0.1) is 0 Å². The van der Waals surface area contributed by atoms with Crippen molar-refractivity contribution in [1.82, 2.24) is 5.32 Å². The van der Waals surface area contributed by atoms with Crippen molar-refractivity contribution in [2.45, 2.75) is 51.2 Å². The Bertz CT molecular complexity index is 556. The molecule has 0 aromatic heterocycles. The molecule has 1 aromatic rings. The van der Waals surface area contributed by atoms with Crippen molar-refractivity contribution in [2.75, 3.05) is 5.73 Å². The second-order valence-electron chi connectivity index (χ2n) is 5.62. The number of amides is 1. The molecule has 1 aliphatic carbocycles. The Balaban J connectivity index is 1.91. The van der Waals surface area contributed by atoms with Gasteiger partial charge in [0.05, 0.1) is 5.56 Å². The summed E-state index contributed by atoms with van der Waals surface area (Å²) >= 11 is 5.79. The van der Waals surface area contributed by atoms with Crippen LogP contribution in [0.4, 0.5) is 5.69 Å². The third-order valence-electron chi connectivity index (χ3n) is 3.84. The van der Waals surface area contributed by atoms with Crippen LogP contribution in [0, 0.1) is 0 Å². The maximum absolute atomic E-state index is 12.1. The summed E-state index contributed by atoms with van der Waals surface area (Å²) in [5, 5.41) is 3.37. The molecule has 0 aliphatic heterocycles. The Morgan fingerprint density at radius 2 is 2.00 bits per heavy atom. The largest absolute Gasteiger partial charge is 0.449 e. The van der Waals surface area contributed by atoms with Crippen LogP contribution < -0.4 is 11.1 Å². The lowest BCUT2D eigenvalue weighted by Crippen LogP contribution is -2.42. The van der Waals surface area contributed by atoms with Crippen LogP contribution >= 0.6 is 11.6 Å². The zero-order chi connectivity index (χ0) is 16.1. The van der Waals surface area contributed by atoms with E-state index in [1.807, 2.05) is 0 Å². The van der Waals surface area contributed by atoms with E-state index >= 15 is 0 Å². The number of hydrogen-bond donors (Lipinski definition) is 2. The smallest absolute Gasteiger partial charge is 0.341 e. The molecule has 1 aliphatic rings. The zero-order valence-corrected chi connectivity index (χ0v) is 13.4. The zero-order valence-electron chi connectivity index (χ0n) is 12.6. The van der Waals surface area contributed by atoms with Crippen molar-refractivity contribution in [2.24, 2.45) is 0 Å². The van der Waals surface area contributed by atoms with Crippen LogP contribution in [0.5, 0.6) is 0 Å². The number of nitrogens with two attached hydrogens (primary N) is 1. The van der Waals surface area contributed by atoms with Crippen molar-refractivity contribution in [3.05, 3.63) is 28.8 Å². The Morgan fingerprint density at radius 1 is 1.32 bits per heavy atom. The van der Waals surface area contributed by atoms with Gasteiger partial charge in [0.25, 0.3) is 5.91 Å². The number of carbonyl (C=O) groups is 2. The van der Waals surface area contributed by atoms with Crippen LogP contribution in [-0.2, 0) is 9.53 Å². The Kier molecular flexibility index (Phi) is 5.66. The van der Waals surface area contributed by atoms with Crippen LogP contribution in [0.1, 0.15) is 49.4 Å². The van der Waals surface area contributed by atoms with Gasteiger partial charge in [-0.1, -0.05) is 30.9 Å². The normalized spacial score (nSPS) is 16.8. The fourth-order valence-electron chi connectivity index (χ4n) is 2.56. The Hall–Kier alpha value is -1.75. The highest BCUT2D eigenvalue weighted by molar-refractivity contribution is 6.31. The predicted molar refractivity (Wildman–Crippen MR) is 85.8 cm³/mol. The summed E-state index contributed by atoms with van der Waals surface area (Å²) in [6.45, 7) is 1.56. The highest BCUT2D eigenvalue weighted by atomic mass is 35.5. The Morgan fingerprint density at radius 3 is 2.64 bits per heavy atom. The van der Waals surface area contributed by atoms with Gasteiger partial charge in [0, 0.05) is 16.8 Å². The van der Waals surface area contributed by atoms with Crippen molar-refractivity contribution >= 4 is 29.2 Å². The molecule has 1 amide bonds. The fraction of sp³-hybridized carbons (Fsp3) is 0.500. The number of hydrogen-bond acceptors (Lipinski definition) is 4. The molecule has 1 aromatic carbocycles.